The van der Waals surface area contributed by atoms with Crippen molar-refractivity contribution in [3.63, 3.8) is 0 Å². The number of allylic oxidation sites excluding steroid dienone is 2. The van der Waals surface area contributed by atoms with Gasteiger partial charge in [0.15, 0.2) is 5.82 Å². The molecule has 39 heavy (non-hydrogen) atoms. The summed E-state index contributed by atoms with van der Waals surface area (Å²) in [6.45, 7) is 8.83. The molecule has 5 rings (SSSR count). The van der Waals surface area contributed by atoms with Crippen LogP contribution in [0.5, 0.6) is 0 Å². The lowest BCUT2D eigenvalue weighted by molar-refractivity contribution is 0.400. The highest BCUT2D eigenvalue weighted by Gasteiger charge is 2.19. The number of fused-ring (bicyclic) bond motifs is 1. The van der Waals surface area contributed by atoms with Crippen LogP contribution in [0.3, 0.4) is 0 Å². The standard InChI is InChI=1S/C31H32FN7/c1-6-8-24(22-13-21(14-23(32)15-22)9-7-12-39(4)5)29-20(3)35-31(36-29)30-25-16-27(34-18-28(25)37-38-30)26-17-33-11-10-19(26)2/h6,8,10-11,13-18H,1,7,9,12H2,2-5H3,(H,35,36)(H,37,38)/b24-8-. The zero-order valence-corrected chi connectivity index (χ0v) is 22.7. The van der Waals surface area contributed by atoms with E-state index in [0.717, 1.165) is 75.2 Å². The number of aryl methyl sites for hydroxylation is 3. The summed E-state index contributed by atoms with van der Waals surface area (Å²) in [6.07, 6.45) is 10.7. The third-order valence-electron chi connectivity index (χ3n) is 6.75. The van der Waals surface area contributed by atoms with E-state index >= 15 is 0 Å². The van der Waals surface area contributed by atoms with E-state index in [4.69, 9.17) is 4.98 Å². The van der Waals surface area contributed by atoms with Crippen molar-refractivity contribution >= 4 is 16.5 Å². The molecule has 2 N–H and O–H groups in total. The van der Waals surface area contributed by atoms with Crippen LogP contribution in [-0.2, 0) is 6.42 Å². The summed E-state index contributed by atoms with van der Waals surface area (Å²) in [5, 5.41) is 8.51. The molecule has 0 aliphatic carbocycles. The maximum Gasteiger partial charge on any atom is 0.159 e. The second-order valence-corrected chi connectivity index (χ2v) is 10.0. The number of rotatable bonds is 9. The van der Waals surface area contributed by atoms with Gasteiger partial charge in [0.1, 0.15) is 11.5 Å². The van der Waals surface area contributed by atoms with Gasteiger partial charge in [0.25, 0.3) is 0 Å². The van der Waals surface area contributed by atoms with Crippen molar-refractivity contribution in [2.45, 2.75) is 26.7 Å². The van der Waals surface area contributed by atoms with Crippen LogP contribution in [0.1, 0.15) is 34.5 Å². The molecule has 8 heteroatoms. The summed E-state index contributed by atoms with van der Waals surface area (Å²) in [7, 11) is 4.08. The molecule has 0 bridgehead atoms. The Morgan fingerprint density at radius 3 is 2.74 bits per heavy atom. The molecule has 5 aromatic rings. The Labute approximate surface area is 227 Å². The summed E-state index contributed by atoms with van der Waals surface area (Å²) in [5.41, 5.74) is 8.46. The highest BCUT2D eigenvalue weighted by molar-refractivity contribution is 5.93. The predicted octanol–water partition coefficient (Wildman–Crippen LogP) is 6.28. The zero-order chi connectivity index (χ0) is 27.5. The molecule has 0 saturated heterocycles. The van der Waals surface area contributed by atoms with Crippen molar-refractivity contribution in [3.05, 3.63) is 102 Å². The lowest BCUT2D eigenvalue weighted by atomic mass is 9.97. The van der Waals surface area contributed by atoms with Crippen LogP contribution in [0, 0.1) is 19.7 Å². The topological polar surface area (TPSA) is 86.4 Å². The van der Waals surface area contributed by atoms with Crippen LogP contribution in [0.25, 0.3) is 39.3 Å². The Morgan fingerprint density at radius 2 is 1.97 bits per heavy atom. The normalized spacial score (nSPS) is 12.0. The lowest BCUT2D eigenvalue weighted by Crippen LogP contribution is -2.13. The van der Waals surface area contributed by atoms with Gasteiger partial charge in [-0.1, -0.05) is 24.8 Å². The number of pyridine rings is 2. The van der Waals surface area contributed by atoms with Crippen LogP contribution in [0.4, 0.5) is 4.39 Å². The molecule has 0 amide bonds. The summed E-state index contributed by atoms with van der Waals surface area (Å²) < 4.78 is 14.7. The molecule has 7 nitrogen and oxygen atoms in total. The second-order valence-electron chi connectivity index (χ2n) is 10.0. The van der Waals surface area contributed by atoms with E-state index in [0.29, 0.717) is 11.5 Å². The van der Waals surface area contributed by atoms with Crippen LogP contribution < -0.4 is 0 Å². The van der Waals surface area contributed by atoms with Crippen molar-refractivity contribution in [2.75, 3.05) is 20.6 Å². The van der Waals surface area contributed by atoms with Gasteiger partial charge < -0.3 is 9.88 Å². The fourth-order valence-electron chi connectivity index (χ4n) is 4.79. The summed E-state index contributed by atoms with van der Waals surface area (Å²) >= 11 is 0. The van der Waals surface area contributed by atoms with Crippen LogP contribution >= 0.6 is 0 Å². The summed E-state index contributed by atoms with van der Waals surface area (Å²) in [5.74, 6) is 0.353. The van der Waals surface area contributed by atoms with Crippen molar-refractivity contribution in [1.29, 1.82) is 0 Å². The number of H-pyrrole nitrogens is 2. The molecule has 0 aliphatic rings. The number of imidazole rings is 1. The molecule has 1 aromatic carbocycles. The molecule has 0 fully saturated rings. The van der Waals surface area contributed by atoms with Gasteiger partial charge in [-0.05, 0) is 88.3 Å². The first-order valence-corrected chi connectivity index (χ1v) is 12.9. The van der Waals surface area contributed by atoms with Crippen molar-refractivity contribution in [3.8, 4) is 22.8 Å². The van der Waals surface area contributed by atoms with Gasteiger partial charge in [-0.25, -0.2) is 9.37 Å². The van der Waals surface area contributed by atoms with Gasteiger partial charge in [-0.2, -0.15) is 5.10 Å². The van der Waals surface area contributed by atoms with E-state index in [9.17, 15) is 4.39 Å². The fourth-order valence-corrected chi connectivity index (χ4v) is 4.79. The number of benzene rings is 1. The van der Waals surface area contributed by atoms with Gasteiger partial charge in [0.2, 0.25) is 0 Å². The Hall–Kier alpha value is -4.43. The van der Waals surface area contributed by atoms with E-state index in [1.54, 1.807) is 30.6 Å². The van der Waals surface area contributed by atoms with Gasteiger partial charge in [0.05, 0.1) is 23.1 Å². The number of aromatic nitrogens is 6. The molecule has 0 radical (unpaired) electrons. The largest absolute Gasteiger partial charge is 0.340 e. The average molecular weight is 522 g/mol. The number of aromatic amines is 2. The predicted molar refractivity (Wildman–Crippen MR) is 155 cm³/mol. The number of hydrogen-bond donors (Lipinski definition) is 2. The Balaban J connectivity index is 1.54. The second kappa shape index (κ2) is 11.1. The number of halogens is 1. The van der Waals surface area contributed by atoms with Gasteiger partial charge in [0, 0.05) is 34.6 Å². The first kappa shape index (κ1) is 26.2. The number of nitrogens with one attached hydrogen (secondary N) is 2. The van der Waals surface area contributed by atoms with E-state index in [1.807, 2.05) is 58.4 Å². The van der Waals surface area contributed by atoms with E-state index in [-0.39, 0.29) is 5.82 Å². The number of hydrogen-bond acceptors (Lipinski definition) is 5. The van der Waals surface area contributed by atoms with Gasteiger partial charge >= 0.3 is 0 Å². The van der Waals surface area contributed by atoms with Gasteiger partial charge in [-0.3, -0.25) is 15.1 Å². The van der Waals surface area contributed by atoms with Crippen LogP contribution in [0.2, 0.25) is 0 Å². The van der Waals surface area contributed by atoms with E-state index in [1.165, 1.54) is 0 Å². The molecule has 4 heterocycles. The third-order valence-corrected chi connectivity index (χ3v) is 6.75. The quantitative estimate of drug-likeness (QED) is 0.223. The minimum atomic E-state index is -0.264. The maximum atomic E-state index is 14.7. The Kier molecular flexibility index (Phi) is 7.47. The van der Waals surface area contributed by atoms with E-state index < -0.39 is 0 Å². The average Bonchev–Trinajstić information content (AvgIpc) is 3.49. The first-order chi connectivity index (χ1) is 18.8. The SMILES string of the molecule is C=C/C=C(/c1cc(F)cc(CCCN(C)C)c1)c1nc(-c2n[nH]c3cnc(-c4cnccc4C)cc23)[nH]c1C. The summed E-state index contributed by atoms with van der Waals surface area (Å²) in [4.78, 5) is 19.3. The Bertz CT molecular complexity index is 1680. The number of nitrogens with zero attached hydrogens (tertiary/aromatic N) is 5. The Morgan fingerprint density at radius 1 is 1.13 bits per heavy atom. The van der Waals surface area contributed by atoms with E-state index in [2.05, 4.69) is 36.6 Å². The smallest absolute Gasteiger partial charge is 0.159 e. The molecular formula is C31H32FN7. The molecule has 0 unspecified atom stereocenters. The molecule has 0 saturated carbocycles. The summed E-state index contributed by atoms with van der Waals surface area (Å²) in [6, 6.07) is 9.17. The maximum absolute atomic E-state index is 14.7. The van der Waals surface area contributed by atoms with Crippen LogP contribution in [0.15, 0.2) is 67.7 Å². The molecular weight excluding hydrogens is 489 g/mol. The highest BCUT2D eigenvalue weighted by atomic mass is 19.1. The molecule has 0 aliphatic heterocycles. The monoisotopic (exact) mass is 521 g/mol. The van der Waals surface area contributed by atoms with Crippen molar-refractivity contribution in [2.24, 2.45) is 0 Å². The molecule has 0 atom stereocenters. The van der Waals surface area contributed by atoms with Crippen LogP contribution in [-0.4, -0.2) is 55.7 Å². The molecule has 0 spiro atoms. The zero-order valence-electron chi connectivity index (χ0n) is 22.7. The van der Waals surface area contributed by atoms with Crippen molar-refractivity contribution < 1.29 is 4.39 Å². The lowest BCUT2D eigenvalue weighted by Gasteiger charge is -2.11. The molecule has 4 aromatic heterocycles. The minimum Gasteiger partial charge on any atom is -0.340 e. The van der Waals surface area contributed by atoms with Crippen molar-refractivity contribution in [1.82, 2.24) is 35.0 Å². The molecule has 198 valence electrons. The minimum absolute atomic E-state index is 0.264. The van der Waals surface area contributed by atoms with Gasteiger partial charge in [-0.15, -0.1) is 0 Å². The highest BCUT2D eigenvalue weighted by Crippen LogP contribution is 2.32. The first-order valence-electron chi connectivity index (χ1n) is 12.9. The third kappa shape index (κ3) is 5.56. The fraction of sp³-hybridized carbons (Fsp3) is 0.226.